The molecule has 56 heavy (non-hydrogen) atoms. The Bertz CT molecular complexity index is 1800. The van der Waals surface area contributed by atoms with Crippen molar-refractivity contribution in [2.24, 2.45) is 0 Å². The highest BCUT2D eigenvalue weighted by molar-refractivity contribution is 6.74. The lowest BCUT2D eigenvalue weighted by molar-refractivity contribution is 0.0554. The maximum atomic E-state index is 15.2. The molecule has 0 aliphatic carbocycles. The molecule has 12 heteroatoms. The van der Waals surface area contributed by atoms with Gasteiger partial charge in [0.25, 0.3) is 11.8 Å². The highest BCUT2D eigenvalue weighted by atomic mass is 28.4. The Morgan fingerprint density at radius 3 is 2.21 bits per heavy atom. The first kappa shape index (κ1) is 43.3. The average Bonchev–Trinajstić information content (AvgIpc) is 3.62. The number of amides is 2. The van der Waals surface area contributed by atoms with Crippen molar-refractivity contribution >= 4 is 26.1 Å². The van der Waals surface area contributed by atoms with Crippen LogP contribution in [0.2, 0.25) is 18.1 Å². The Morgan fingerprint density at radius 2 is 1.59 bits per heavy atom. The van der Waals surface area contributed by atoms with Gasteiger partial charge >= 0.3 is 5.97 Å². The van der Waals surface area contributed by atoms with Gasteiger partial charge in [0.15, 0.2) is 8.32 Å². The second kappa shape index (κ2) is 19.1. The van der Waals surface area contributed by atoms with Crippen LogP contribution in [0.25, 0.3) is 11.4 Å². The molecule has 2 aliphatic heterocycles. The number of nitrogens with zero attached hydrogens (tertiary/aromatic N) is 6. The zero-order chi connectivity index (χ0) is 40.6. The molecule has 0 unspecified atom stereocenters. The number of esters is 1. The molecule has 3 heterocycles. The highest BCUT2D eigenvalue weighted by Gasteiger charge is 2.40. The first-order valence-corrected chi connectivity index (χ1v) is 23.6. The molecule has 2 amide bonds. The van der Waals surface area contributed by atoms with Gasteiger partial charge in [-0.1, -0.05) is 71.7 Å². The van der Waals surface area contributed by atoms with Crippen LogP contribution in [0.4, 0.5) is 0 Å². The quantitative estimate of drug-likeness (QED) is 0.111. The standard InChI is InChI=1S/C44H66N6O5Si/c1-10-12-20-48(21-13-11-2)42(52)39-31-49(27-26-47-24-22-46(6)23-25-47)40(45-39)37-19-18-34(43(53)54-7)29-38(37)41(51)50-30-35-17-15-14-16-33(35)28-36(50)32-55-56(8,9)44(3,4)5/h14-19,29,31,36H,10-13,20-28,30,32H2,1-9H3/t36-/m0/s1. The van der Waals surface area contributed by atoms with E-state index < -0.39 is 14.3 Å². The summed E-state index contributed by atoms with van der Waals surface area (Å²) in [7, 11) is 1.35. The number of hydrogen-bond acceptors (Lipinski definition) is 8. The number of piperazine rings is 1. The lowest BCUT2D eigenvalue weighted by atomic mass is 9.92. The van der Waals surface area contributed by atoms with E-state index in [1.165, 1.54) is 12.7 Å². The topological polar surface area (TPSA) is 100 Å². The number of imidazole rings is 1. The van der Waals surface area contributed by atoms with Crippen molar-refractivity contribution in [2.75, 3.05) is 66.6 Å². The summed E-state index contributed by atoms with van der Waals surface area (Å²) in [6.45, 7) is 22.9. The number of fused-ring (bicyclic) bond motifs is 1. The van der Waals surface area contributed by atoms with Crippen molar-refractivity contribution < 1.29 is 23.5 Å². The number of carbonyl (C=O) groups excluding carboxylic acids is 3. The largest absolute Gasteiger partial charge is 0.465 e. The normalized spacial score (nSPS) is 16.8. The molecule has 306 valence electrons. The third-order valence-electron chi connectivity index (χ3n) is 12.1. The van der Waals surface area contributed by atoms with Gasteiger partial charge in [-0.3, -0.25) is 14.5 Å². The minimum atomic E-state index is -2.14. The van der Waals surface area contributed by atoms with Crippen molar-refractivity contribution in [2.45, 2.75) is 104 Å². The van der Waals surface area contributed by atoms with E-state index in [1.54, 1.807) is 18.2 Å². The van der Waals surface area contributed by atoms with E-state index in [-0.39, 0.29) is 28.5 Å². The van der Waals surface area contributed by atoms with E-state index in [0.717, 1.165) is 64.0 Å². The van der Waals surface area contributed by atoms with Crippen LogP contribution in [-0.2, 0) is 28.7 Å². The van der Waals surface area contributed by atoms with E-state index in [9.17, 15) is 9.59 Å². The zero-order valence-corrected chi connectivity index (χ0v) is 36.5. The maximum absolute atomic E-state index is 15.2. The molecule has 0 bridgehead atoms. The molecular formula is C44H66N6O5Si. The molecule has 11 nitrogen and oxygen atoms in total. The first-order chi connectivity index (χ1) is 26.7. The molecule has 1 fully saturated rings. The predicted molar refractivity (Wildman–Crippen MR) is 226 cm³/mol. The summed E-state index contributed by atoms with van der Waals surface area (Å²) in [5, 5.41) is 0.00935. The van der Waals surface area contributed by atoms with Crippen LogP contribution in [0.15, 0.2) is 48.7 Å². The highest BCUT2D eigenvalue weighted by Crippen LogP contribution is 2.38. The first-order valence-electron chi connectivity index (χ1n) is 20.7. The molecule has 0 spiro atoms. The number of unbranched alkanes of at least 4 members (excludes halogenated alkanes) is 2. The van der Waals surface area contributed by atoms with Crippen LogP contribution >= 0.6 is 0 Å². The number of methoxy groups -OCH3 is 1. The summed E-state index contributed by atoms with van der Waals surface area (Å²) in [6.07, 6.45) is 6.34. The Balaban J connectivity index is 1.60. The summed E-state index contributed by atoms with van der Waals surface area (Å²) in [4.78, 5) is 56.1. The smallest absolute Gasteiger partial charge is 0.337 e. The van der Waals surface area contributed by atoms with Crippen LogP contribution < -0.4 is 0 Å². The molecule has 2 aliphatic rings. The van der Waals surface area contributed by atoms with Gasteiger partial charge in [-0.2, -0.15) is 0 Å². The van der Waals surface area contributed by atoms with E-state index in [2.05, 4.69) is 76.7 Å². The van der Waals surface area contributed by atoms with Crippen LogP contribution in [0, 0.1) is 0 Å². The predicted octanol–water partition coefficient (Wildman–Crippen LogP) is 7.22. The summed E-state index contributed by atoms with van der Waals surface area (Å²) < 4.78 is 14.0. The lowest BCUT2D eigenvalue weighted by Gasteiger charge is -2.41. The minimum Gasteiger partial charge on any atom is -0.465 e. The molecule has 0 saturated carbocycles. The molecule has 2 aromatic carbocycles. The Labute approximate surface area is 336 Å². The SMILES string of the molecule is CCCCN(CCCC)C(=O)c1cn(CCN2CCN(C)CC2)c(-c2ccc(C(=O)OC)cc2C(=O)N2Cc3ccccc3C[C@H]2CO[Si](C)(C)C(C)(C)C)n1. The Kier molecular flexibility index (Phi) is 14.7. The number of likely N-dealkylation sites (N-methyl/N-ethyl adjacent to an activating group) is 1. The van der Waals surface area contributed by atoms with Gasteiger partial charge in [-0.05, 0) is 73.8 Å². The maximum Gasteiger partial charge on any atom is 0.337 e. The van der Waals surface area contributed by atoms with E-state index >= 15 is 4.79 Å². The number of aromatic nitrogens is 2. The van der Waals surface area contributed by atoms with Gasteiger partial charge in [-0.25, -0.2) is 9.78 Å². The van der Waals surface area contributed by atoms with Crippen LogP contribution in [0.3, 0.4) is 0 Å². The van der Waals surface area contributed by atoms with Crippen molar-refractivity contribution in [3.63, 3.8) is 0 Å². The fourth-order valence-corrected chi connectivity index (χ4v) is 8.25. The number of carbonyl (C=O) groups is 3. The number of rotatable bonds is 16. The van der Waals surface area contributed by atoms with Gasteiger partial charge < -0.3 is 28.4 Å². The minimum absolute atomic E-state index is 0.00935. The fourth-order valence-electron chi connectivity index (χ4n) is 7.21. The van der Waals surface area contributed by atoms with Gasteiger partial charge in [-0.15, -0.1) is 0 Å². The molecule has 1 aromatic heterocycles. The lowest BCUT2D eigenvalue weighted by Crippen LogP contribution is -2.50. The Morgan fingerprint density at radius 1 is 0.929 bits per heavy atom. The molecule has 5 rings (SSSR count). The zero-order valence-electron chi connectivity index (χ0n) is 35.5. The van der Waals surface area contributed by atoms with Crippen molar-refractivity contribution in [1.82, 2.24) is 29.2 Å². The van der Waals surface area contributed by atoms with Gasteiger partial charge in [0.1, 0.15) is 11.5 Å². The van der Waals surface area contributed by atoms with E-state index in [1.807, 2.05) is 32.7 Å². The summed E-state index contributed by atoms with van der Waals surface area (Å²) >= 11 is 0. The van der Waals surface area contributed by atoms with Gasteiger partial charge in [0.05, 0.1) is 30.9 Å². The average molecular weight is 787 g/mol. The van der Waals surface area contributed by atoms with Gasteiger partial charge in [0.2, 0.25) is 0 Å². The Hall–Kier alpha value is -3.84. The monoisotopic (exact) mass is 786 g/mol. The van der Waals surface area contributed by atoms with Crippen LogP contribution in [-0.4, -0.2) is 128 Å². The van der Waals surface area contributed by atoms with Crippen LogP contribution in [0.1, 0.15) is 103 Å². The third kappa shape index (κ3) is 10.4. The molecule has 0 radical (unpaired) electrons. The number of benzene rings is 2. The van der Waals surface area contributed by atoms with Crippen molar-refractivity contribution in [3.05, 3.63) is 76.6 Å². The number of ether oxygens (including phenoxy) is 1. The third-order valence-corrected chi connectivity index (χ3v) is 16.6. The summed E-state index contributed by atoms with van der Waals surface area (Å²) in [5.41, 5.74) is 3.88. The second-order valence-electron chi connectivity index (χ2n) is 17.2. The fraction of sp³-hybridized carbons (Fsp3) is 0.591. The van der Waals surface area contributed by atoms with Crippen molar-refractivity contribution in [3.8, 4) is 11.4 Å². The molecule has 1 atom stereocenters. The van der Waals surface area contributed by atoms with Crippen molar-refractivity contribution in [1.29, 1.82) is 0 Å². The molecule has 1 saturated heterocycles. The van der Waals surface area contributed by atoms with E-state index in [4.69, 9.17) is 14.1 Å². The molecule has 0 N–H and O–H groups in total. The second-order valence-corrected chi connectivity index (χ2v) is 22.0. The van der Waals surface area contributed by atoms with Crippen LogP contribution in [0.5, 0.6) is 0 Å². The summed E-state index contributed by atoms with van der Waals surface area (Å²) in [5.74, 6) is -0.289. The van der Waals surface area contributed by atoms with Gasteiger partial charge in [0, 0.05) is 70.7 Å². The molecular weight excluding hydrogens is 721 g/mol. The summed E-state index contributed by atoms with van der Waals surface area (Å²) in [6, 6.07) is 13.2. The number of hydrogen-bond donors (Lipinski definition) is 0. The van der Waals surface area contributed by atoms with E-state index in [0.29, 0.717) is 61.9 Å². The molecule has 3 aromatic rings.